The monoisotopic (exact) mass is 196 g/mol. The van der Waals surface area contributed by atoms with Gasteiger partial charge in [-0.3, -0.25) is 13.9 Å². The van der Waals surface area contributed by atoms with Crippen molar-refractivity contribution in [2.75, 3.05) is 7.11 Å². The van der Waals surface area contributed by atoms with Crippen LogP contribution in [0, 0.1) is 0 Å². The van der Waals surface area contributed by atoms with Crippen LogP contribution in [-0.4, -0.2) is 60.2 Å². The van der Waals surface area contributed by atoms with E-state index >= 15 is 0 Å². The van der Waals surface area contributed by atoms with Crippen LogP contribution in [0.15, 0.2) is 0 Å². The van der Waals surface area contributed by atoms with Gasteiger partial charge in [0.2, 0.25) is 0 Å². The summed E-state index contributed by atoms with van der Waals surface area (Å²) in [4.78, 5) is 9.59. The Morgan fingerprint density at radius 1 is 1.36 bits per heavy atom. The van der Waals surface area contributed by atoms with Gasteiger partial charge in [-0.25, -0.2) is 0 Å². The van der Waals surface area contributed by atoms with E-state index in [4.69, 9.17) is 17.5 Å². The van der Waals surface area contributed by atoms with Gasteiger partial charge in [-0.2, -0.15) is 8.42 Å². The molecule has 0 aliphatic carbocycles. The van der Waals surface area contributed by atoms with E-state index < -0.39 is 10.4 Å². The van der Waals surface area contributed by atoms with Crippen LogP contribution in [0.4, 0.5) is 0 Å². The molecule has 0 amide bonds. The van der Waals surface area contributed by atoms with Gasteiger partial charge in [0, 0.05) is 6.92 Å². The number of carbonyl (C=O) groups is 1. The van der Waals surface area contributed by atoms with Crippen LogP contribution >= 0.6 is 0 Å². The van der Waals surface area contributed by atoms with Crippen LogP contribution < -0.4 is 0 Å². The molecular weight excluding hydrogens is 187 g/mol. The second-order valence-corrected chi connectivity index (χ2v) is 2.04. The molecule has 0 aliphatic heterocycles. The summed E-state index contributed by atoms with van der Waals surface area (Å²) in [6.07, 6.45) is 0. The quantitative estimate of drug-likeness (QED) is 0.289. The number of methoxy groups -OCH3 is 1. The number of esters is 1. The average molecular weight is 196 g/mol. The zero-order chi connectivity index (χ0) is 8.78. The summed E-state index contributed by atoms with van der Waals surface area (Å²) in [5, 5.41) is 0. The van der Waals surface area contributed by atoms with Gasteiger partial charge in [0.05, 0.1) is 7.11 Å². The van der Waals surface area contributed by atoms with Crippen molar-refractivity contribution < 1.29 is 27.1 Å². The first-order chi connectivity index (χ1) is 4.27. The van der Waals surface area contributed by atoms with Crippen LogP contribution in [0.25, 0.3) is 0 Å². The number of rotatable bonds is 0. The van der Waals surface area contributed by atoms with E-state index in [2.05, 4.69) is 4.74 Å². The summed E-state index contributed by atoms with van der Waals surface area (Å²) >= 11 is 0. The molecule has 0 rings (SSSR count). The Kier molecular flexibility index (Phi) is 13.4. The predicted molar refractivity (Wildman–Crippen MR) is 39.0 cm³/mol. The third-order valence-corrected chi connectivity index (χ3v) is 0.287. The molecule has 0 heterocycles. The van der Waals surface area contributed by atoms with E-state index in [0.29, 0.717) is 0 Å². The summed E-state index contributed by atoms with van der Waals surface area (Å²) < 4.78 is 35.7. The molecule has 0 spiro atoms. The molecule has 0 fully saturated rings. The molecule has 0 atom stereocenters. The Balaban J connectivity index is -0.000000107. The molecule has 0 unspecified atom stereocenters. The Bertz CT molecular complexity index is 176. The molecular formula is C3H9NaO6S. The Labute approximate surface area is 86.8 Å². The summed E-state index contributed by atoms with van der Waals surface area (Å²) in [5.41, 5.74) is 0. The van der Waals surface area contributed by atoms with Gasteiger partial charge >= 0.3 is 45.9 Å². The predicted octanol–water partition coefficient (Wildman–Crippen LogP) is -1.12. The molecule has 8 heteroatoms. The van der Waals surface area contributed by atoms with E-state index in [1.807, 2.05) is 0 Å². The van der Waals surface area contributed by atoms with Crippen LogP contribution in [0.2, 0.25) is 0 Å². The van der Waals surface area contributed by atoms with Crippen molar-refractivity contribution in [1.29, 1.82) is 0 Å². The second-order valence-electron chi connectivity index (χ2n) is 1.14. The fourth-order valence-electron chi connectivity index (χ4n) is 0. The molecule has 0 radical (unpaired) electrons. The van der Waals surface area contributed by atoms with Crippen molar-refractivity contribution in [3.8, 4) is 0 Å². The molecule has 0 aromatic rings. The molecule has 64 valence electrons. The summed E-state index contributed by atoms with van der Waals surface area (Å²) in [5.74, 6) is -0.245. The molecule has 0 saturated carbocycles. The second kappa shape index (κ2) is 8.44. The minimum absolute atomic E-state index is 0. The summed E-state index contributed by atoms with van der Waals surface area (Å²) in [6, 6.07) is 0. The fraction of sp³-hybridized carbons (Fsp3) is 0.667. The first-order valence-electron chi connectivity index (χ1n) is 2.01. The van der Waals surface area contributed by atoms with E-state index in [1.54, 1.807) is 0 Å². The third-order valence-electron chi connectivity index (χ3n) is 0.287. The van der Waals surface area contributed by atoms with E-state index in [9.17, 15) is 4.79 Å². The van der Waals surface area contributed by atoms with Crippen molar-refractivity contribution in [2.45, 2.75) is 6.92 Å². The van der Waals surface area contributed by atoms with Crippen molar-refractivity contribution in [1.82, 2.24) is 0 Å². The summed E-state index contributed by atoms with van der Waals surface area (Å²) in [7, 11) is -3.32. The normalized spacial score (nSPS) is 8.36. The van der Waals surface area contributed by atoms with Crippen LogP contribution in [0.5, 0.6) is 0 Å². The standard InChI is InChI=1S/C3H6O2.Na.H2O4S.H/c1-3(4)5-2;;1-5(2,3)4;/h1-2H3;;(H2,1,2,3,4);. The van der Waals surface area contributed by atoms with E-state index in [1.165, 1.54) is 14.0 Å². The van der Waals surface area contributed by atoms with Crippen LogP contribution in [-0.2, 0) is 19.9 Å². The van der Waals surface area contributed by atoms with Crippen molar-refractivity contribution in [2.24, 2.45) is 0 Å². The van der Waals surface area contributed by atoms with Crippen molar-refractivity contribution >= 4 is 45.9 Å². The van der Waals surface area contributed by atoms with E-state index in [-0.39, 0.29) is 35.5 Å². The Morgan fingerprint density at radius 2 is 1.45 bits per heavy atom. The van der Waals surface area contributed by atoms with Gasteiger partial charge in [-0.1, -0.05) is 0 Å². The molecule has 0 aromatic heterocycles. The molecule has 6 nitrogen and oxygen atoms in total. The molecule has 0 aromatic carbocycles. The summed E-state index contributed by atoms with van der Waals surface area (Å²) in [6.45, 7) is 1.36. The van der Waals surface area contributed by atoms with Gasteiger partial charge in [-0.05, 0) is 0 Å². The molecule has 0 bridgehead atoms. The molecule has 11 heavy (non-hydrogen) atoms. The number of hydrogen-bond donors (Lipinski definition) is 2. The minimum atomic E-state index is -4.67. The van der Waals surface area contributed by atoms with Gasteiger partial charge in [0.1, 0.15) is 0 Å². The first kappa shape index (κ1) is 17.4. The molecule has 0 aliphatic rings. The average Bonchev–Trinajstić information content (AvgIpc) is 1.61. The number of ether oxygens (including phenoxy) is 1. The van der Waals surface area contributed by atoms with Crippen molar-refractivity contribution in [3.63, 3.8) is 0 Å². The fourth-order valence-corrected chi connectivity index (χ4v) is 0. The number of hydrogen-bond acceptors (Lipinski definition) is 4. The van der Waals surface area contributed by atoms with Crippen LogP contribution in [0.3, 0.4) is 0 Å². The van der Waals surface area contributed by atoms with Crippen LogP contribution in [0.1, 0.15) is 6.92 Å². The Morgan fingerprint density at radius 3 is 1.45 bits per heavy atom. The zero-order valence-electron chi connectivity index (χ0n) is 5.44. The Hall–Kier alpha value is 0.340. The van der Waals surface area contributed by atoms with Gasteiger partial charge in [0.25, 0.3) is 0 Å². The van der Waals surface area contributed by atoms with Gasteiger partial charge in [-0.15, -0.1) is 0 Å². The van der Waals surface area contributed by atoms with Crippen molar-refractivity contribution in [3.05, 3.63) is 0 Å². The number of carbonyl (C=O) groups excluding carboxylic acids is 1. The zero-order valence-corrected chi connectivity index (χ0v) is 6.25. The van der Waals surface area contributed by atoms with E-state index in [0.717, 1.165) is 0 Å². The maximum atomic E-state index is 9.59. The van der Waals surface area contributed by atoms with Gasteiger partial charge < -0.3 is 4.74 Å². The molecule has 2 N–H and O–H groups in total. The third kappa shape index (κ3) is 131. The first-order valence-corrected chi connectivity index (χ1v) is 3.41. The van der Waals surface area contributed by atoms with Gasteiger partial charge in [0.15, 0.2) is 0 Å². The molecule has 0 saturated heterocycles. The SMILES string of the molecule is COC(C)=O.O=S(=O)(O)O.[NaH]. The maximum absolute atomic E-state index is 9.59. The topological polar surface area (TPSA) is 101 Å².